The zero-order chi connectivity index (χ0) is 26.5. The van der Waals surface area contributed by atoms with E-state index in [4.69, 9.17) is 5.73 Å². The van der Waals surface area contributed by atoms with E-state index < -0.39 is 47.3 Å². The van der Waals surface area contributed by atoms with Crippen LogP contribution in [0.5, 0.6) is 0 Å². The Morgan fingerprint density at radius 1 is 1.08 bits per heavy atom. The monoisotopic (exact) mass is 506 g/mol. The van der Waals surface area contributed by atoms with Gasteiger partial charge in [0, 0.05) is 37.5 Å². The Balaban J connectivity index is 1.79. The molecule has 4 rings (SSSR count). The van der Waals surface area contributed by atoms with Crippen molar-refractivity contribution in [3.05, 3.63) is 64.9 Å². The molecule has 2 heterocycles. The number of carbonyl (C=O) groups is 2. The SMILES string of the molecule is CC(=O)N(C)N(Cc1cc(F)c(C(F)(F)F)cc1F)C(=O)c1ccc2nc(N)c3cnn(C)c3c2c1. The fourth-order valence-electron chi connectivity index (χ4n) is 3.81. The molecule has 36 heavy (non-hydrogen) atoms. The summed E-state index contributed by atoms with van der Waals surface area (Å²) in [4.78, 5) is 29.8. The van der Waals surface area contributed by atoms with E-state index in [1.54, 1.807) is 11.7 Å². The number of aryl methyl sites for hydroxylation is 1. The molecule has 2 aromatic carbocycles. The van der Waals surface area contributed by atoms with Gasteiger partial charge in [0.25, 0.3) is 5.91 Å². The van der Waals surface area contributed by atoms with E-state index in [1.807, 2.05) is 0 Å². The molecule has 4 aromatic rings. The molecule has 8 nitrogen and oxygen atoms in total. The van der Waals surface area contributed by atoms with Crippen LogP contribution in [0, 0.1) is 11.6 Å². The van der Waals surface area contributed by atoms with Gasteiger partial charge in [0.15, 0.2) is 0 Å². The number of alkyl halides is 3. The van der Waals surface area contributed by atoms with E-state index in [2.05, 4.69) is 10.1 Å². The second-order valence-corrected chi connectivity index (χ2v) is 8.09. The number of halogens is 5. The number of nitrogens with zero attached hydrogens (tertiary/aromatic N) is 5. The van der Waals surface area contributed by atoms with Crippen molar-refractivity contribution in [1.29, 1.82) is 0 Å². The summed E-state index contributed by atoms with van der Waals surface area (Å²) in [6.45, 7) is 0.422. The lowest BCUT2D eigenvalue weighted by atomic mass is 10.1. The number of nitrogen functional groups attached to an aromatic ring is 1. The van der Waals surface area contributed by atoms with Gasteiger partial charge < -0.3 is 5.73 Å². The van der Waals surface area contributed by atoms with Crippen LogP contribution in [-0.2, 0) is 24.6 Å². The van der Waals surface area contributed by atoms with Crippen molar-refractivity contribution >= 4 is 39.4 Å². The predicted octanol–water partition coefficient (Wildman–Crippen LogP) is 4.04. The van der Waals surface area contributed by atoms with Crippen LogP contribution in [0.2, 0.25) is 0 Å². The Morgan fingerprint density at radius 2 is 1.78 bits per heavy atom. The third kappa shape index (κ3) is 4.27. The molecule has 188 valence electrons. The van der Waals surface area contributed by atoms with Crippen molar-refractivity contribution in [3.63, 3.8) is 0 Å². The summed E-state index contributed by atoms with van der Waals surface area (Å²) in [6.07, 6.45) is -3.59. The van der Waals surface area contributed by atoms with Crippen LogP contribution in [0.4, 0.5) is 27.8 Å². The molecule has 0 bridgehead atoms. The van der Waals surface area contributed by atoms with E-state index in [0.29, 0.717) is 27.9 Å². The van der Waals surface area contributed by atoms with Crippen molar-refractivity contribution in [3.8, 4) is 0 Å². The number of pyridine rings is 1. The average molecular weight is 506 g/mol. The van der Waals surface area contributed by atoms with Crippen molar-refractivity contribution in [2.45, 2.75) is 19.6 Å². The molecule has 0 aliphatic heterocycles. The van der Waals surface area contributed by atoms with Gasteiger partial charge in [-0.25, -0.2) is 18.8 Å². The standard InChI is InChI=1S/C23H19F5N6O2/c1-11(35)33(3)34(10-13-7-18(25)16(8-17(13)24)23(26,27)28)22(36)12-4-5-19-14(6-12)20-15(21(29)31-19)9-30-32(20)2/h4-9H,10H2,1-3H3,(H2,29,31). The molecule has 2 aromatic heterocycles. The first-order chi connectivity index (χ1) is 16.8. The van der Waals surface area contributed by atoms with Crippen molar-refractivity contribution in [2.75, 3.05) is 12.8 Å². The third-order valence-electron chi connectivity index (χ3n) is 5.77. The average Bonchev–Trinajstić information content (AvgIpc) is 3.20. The zero-order valence-corrected chi connectivity index (χ0v) is 19.2. The maximum Gasteiger partial charge on any atom is 0.419 e. The van der Waals surface area contributed by atoms with Gasteiger partial charge in [-0.3, -0.25) is 19.3 Å². The molecule has 0 unspecified atom stereocenters. The largest absolute Gasteiger partial charge is 0.419 e. The number of nitrogens with two attached hydrogens (primary N) is 1. The molecular weight excluding hydrogens is 487 g/mol. The Morgan fingerprint density at radius 3 is 2.42 bits per heavy atom. The van der Waals surface area contributed by atoms with E-state index in [9.17, 15) is 31.5 Å². The number of hydrazine groups is 1. The topological polar surface area (TPSA) is 97.3 Å². The maximum absolute atomic E-state index is 14.5. The van der Waals surface area contributed by atoms with Gasteiger partial charge in [-0.05, 0) is 30.3 Å². The lowest BCUT2D eigenvalue weighted by Crippen LogP contribution is -2.46. The molecule has 0 spiro atoms. The molecule has 0 radical (unpaired) electrons. The highest BCUT2D eigenvalue weighted by Crippen LogP contribution is 2.33. The van der Waals surface area contributed by atoms with Crippen molar-refractivity contribution < 1.29 is 31.5 Å². The number of anilines is 1. The smallest absolute Gasteiger partial charge is 0.383 e. The fraction of sp³-hybridized carbons (Fsp3) is 0.217. The van der Waals surface area contributed by atoms with Crippen LogP contribution in [0.1, 0.15) is 28.4 Å². The molecule has 0 fully saturated rings. The number of aromatic nitrogens is 3. The summed E-state index contributed by atoms with van der Waals surface area (Å²) in [5.41, 5.74) is 4.77. The molecular formula is C23H19F5N6O2. The first-order valence-corrected chi connectivity index (χ1v) is 10.4. The summed E-state index contributed by atoms with van der Waals surface area (Å²) in [7, 11) is 2.90. The van der Waals surface area contributed by atoms with Gasteiger partial charge >= 0.3 is 6.18 Å². The second kappa shape index (κ2) is 8.73. The third-order valence-corrected chi connectivity index (χ3v) is 5.77. The Kier molecular flexibility index (Phi) is 6.02. The van der Waals surface area contributed by atoms with Crippen molar-refractivity contribution in [2.24, 2.45) is 7.05 Å². The van der Waals surface area contributed by atoms with Crippen LogP contribution in [0.25, 0.3) is 21.8 Å². The lowest BCUT2D eigenvalue weighted by Gasteiger charge is -2.31. The summed E-state index contributed by atoms with van der Waals surface area (Å²) < 4.78 is 69.0. The number of fused-ring (bicyclic) bond motifs is 3. The molecule has 0 aliphatic rings. The normalized spacial score (nSPS) is 11.8. The quantitative estimate of drug-likeness (QED) is 0.334. The van der Waals surface area contributed by atoms with Gasteiger partial charge in [0.1, 0.15) is 17.5 Å². The van der Waals surface area contributed by atoms with Crippen LogP contribution < -0.4 is 5.73 Å². The number of amides is 2. The summed E-state index contributed by atoms with van der Waals surface area (Å²) in [6, 6.07) is 4.80. The number of hydrogen-bond acceptors (Lipinski definition) is 5. The summed E-state index contributed by atoms with van der Waals surface area (Å²) in [5.74, 6) is -4.26. The molecule has 0 aliphatic carbocycles. The van der Waals surface area contributed by atoms with E-state index in [1.165, 1.54) is 31.4 Å². The molecule has 13 heteroatoms. The number of hydrogen-bond donors (Lipinski definition) is 1. The fourth-order valence-corrected chi connectivity index (χ4v) is 3.81. The first kappa shape index (κ1) is 24.8. The Hall–Kier alpha value is -4.29. The van der Waals surface area contributed by atoms with Crippen LogP contribution >= 0.6 is 0 Å². The van der Waals surface area contributed by atoms with Crippen LogP contribution in [0.15, 0.2) is 36.5 Å². The van der Waals surface area contributed by atoms with Gasteiger partial charge in [-0.2, -0.15) is 18.3 Å². The molecule has 0 saturated heterocycles. The number of rotatable bonds is 3. The predicted molar refractivity (Wildman–Crippen MR) is 120 cm³/mol. The highest BCUT2D eigenvalue weighted by atomic mass is 19.4. The lowest BCUT2D eigenvalue weighted by molar-refractivity contribution is -0.140. The van der Waals surface area contributed by atoms with Gasteiger partial charge in [-0.15, -0.1) is 0 Å². The maximum atomic E-state index is 14.5. The highest BCUT2D eigenvalue weighted by molar-refractivity contribution is 6.10. The van der Waals surface area contributed by atoms with E-state index >= 15 is 0 Å². The number of benzene rings is 2. The summed E-state index contributed by atoms with van der Waals surface area (Å²) in [5, 5.41) is 6.89. The van der Waals surface area contributed by atoms with Crippen LogP contribution in [-0.4, -0.2) is 43.6 Å². The second-order valence-electron chi connectivity index (χ2n) is 8.09. The van der Waals surface area contributed by atoms with Crippen LogP contribution in [0.3, 0.4) is 0 Å². The molecule has 0 atom stereocenters. The Labute approximate surface area is 200 Å². The van der Waals surface area contributed by atoms with Crippen molar-refractivity contribution in [1.82, 2.24) is 24.8 Å². The minimum absolute atomic E-state index is 0.0202. The minimum atomic E-state index is -5.10. The summed E-state index contributed by atoms with van der Waals surface area (Å²) >= 11 is 0. The van der Waals surface area contributed by atoms with Gasteiger partial charge in [-0.1, -0.05) is 0 Å². The molecule has 2 N–H and O–H groups in total. The van der Waals surface area contributed by atoms with E-state index in [-0.39, 0.29) is 17.4 Å². The van der Waals surface area contributed by atoms with Gasteiger partial charge in [0.2, 0.25) is 5.91 Å². The minimum Gasteiger partial charge on any atom is -0.383 e. The molecule has 0 saturated carbocycles. The van der Waals surface area contributed by atoms with Gasteiger partial charge in [0.05, 0.1) is 34.7 Å². The first-order valence-electron chi connectivity index (χ1n) is 10.4. The Bertz CT molecular complexity index is 1530. The zero-order valence-electron chi connectivity index (χ0n) is 19.2. The highest BCUT2D eigenvalue weighted by Gasteiger charge is 2.35. The molecule has 2 amide bonds. The van der Waals surface area contributed by atoms with E-state index in [0.717, 1.165) is 16.9 Å². The number of carbonyl (C=O) groups excluding carboxylic acids is 2.